The predicted molar refractivity (Wildman–Crippen MR) is 92.3 cm³/mol. The molecule has 3 rings (SSSR count). The molecule has 0 radical (unpaired) electrons. The molecule has 7 heteroatoms. The number of amides is 1. The van der Waals surface area contributed by atoms with E-state index in [0.29, 0.717) is 27.8 Å². The van der Waals surface area contributed by atoms with Gasteiger partial charge < -0.3 is 14.8 Å². The molecule has 0 atom stereocenters. The van der Waals surface area contributed by atoms with Crippen LogP contribution in [0.25, 0.3) is 11.3 Å². The number of carbonyl (C=O) groups excluding carboxylic acids is 1. The van der Waals surface area contributed by atoms with Crippen LogP contribution >= 0.6 is 23.2 Å². The summed E-state index contributed by atoms with van der Waals surface area (Å²) >= 11 is 12.1. The number of hydrogen-bond donors (Lipinski definition) is 2. The highest BCUT2D eigenvalue weighted by Crippen LogP contribution is 2.30. The number of aliphatic hydroxyl groups excluding tert-OH is 1. The molecule has 5 nitrogen and oxygen atoms in total. The molecule has 24 heavy (non-hydrogen) atoms. The molecule has 1 aromatic carbocycles. The third-order valence-electron chi connectivity index (χ3n) is 3.32. The molecular weight excluding hydrogens is 351 g/mol. The average Bonchev–Trinajstić information content (AvgIpc) is 3.06. The van der Waals surface area contributed by atoms with Crippen LogP contribution in [0.3, 0.4) is 0 Å². The molecule has 2 N–H and O–H groups in total. The number of anilines is 1. The maximum atomic E-state index is 12.3. The number of hydrogen-bond acceptors (Lipinski definition) is 4. The first-order valence-electron chi connectivity index (χ1n) is 7.00. The fraction of sp³-hybridized carbons (Fsp3) is 0.0588. The highest BCUT2D eigenvalue weighted by Gasteiger charge is 2.14. The fourth-order valence-electron chi connectivity index (χ4n) is 2.14. The van der Waals surface area contributed by atoms with Crippen molar-refractivity contribution in [2.45, 2.75) is 6.61 Å². The molecule has 0 saturated carbocycles. The maximum absolute atomic E-state index is 12.3. The van der Waals surface area contributed by atoms with Crippen LogP contribution in [0.4, 0.5) is 5.69 Å². The van der Waals surface area contributed by atoms with E-state index in [1.807, 2.05) is 0 Å². The summed E-state index contributed by atoms with van der Waals surface area (Å²) in [4.78, 5) is 16.2. The molecule has 3 aromatic rings. The van der Waals surface area contributed by atoms with Gasteiger partial charge >= 0.3 is 0 Å². The van der Waals surface area contributed by atoms with E-state index in [0.717, 1.165) is 0 Å². The first-order chi connectivity index (χ1) is 11.6. The lowest BCUT2D eigenvalue weighted by Gasteiger charge is -2.09. The number of furan rings is 1. The highest BCUT2D eigenvalue weighted by molar-refractivity contribution is 6.35. The van der Waals surface area contributed by atoms with E-state index in [1.165, 1.54) is 6.20 Å². The molecule has 0 bridgehead atoms. The Balaban J connectivity index is 1.89. The minimum Gasteiger partial charge on any atom is -0.459 e. The molecule has 0 aliphatic rings. The average molecular weight is 363 g/mol. The molecule has 0 aliphatic carbocycles. The van der Waals surface area contributed by atoms with Crippen molar-refractivity contribution in [2.24, 2.45) is 0 Å². The number of pyridine rings is 1. The van der Waals surface area contributed by atoms with Gasteiger partial charge in [-0.1, -0.05) is 23.2 Å². The number of carbonyl (C=O) groups is 1. The van der Waals surface area contributed by atoms with Crippen LogP contribution in [0.5, 0.6) is 0 Å². The van der Waals surface area contributed by atoms with Crippen molar-refractivity contribution in [2.75, 3.05) is 5.32 Å². The normalized spacial score (nSPS) is 10.6. The van der Waals surface area contributed by atoms with Gasteiger partial charge in [-0.15, -0.1) is 0 Å². The van der Waals surface area contributed by atoms with E-state index in [4.69, 9.17) is 32.7 Å². The lowest BCUT2D eigenvalue weighted by atomic mass is 10.1. The number of halogens is 2. The zero-order valence-corrected chi connectivity index (χ0v) is 13.8. The molecule has 0 aliphatic heterocycles. The lowest BCUT2D eigenvalue weighted by molar-refractivity contribution is 0.102. The smallest absolute Gasteiger partial charge is 0.258 e. The molecule has 0 saturated heterocycles. The van der Waals surface area contributed by atoms with Gasteiger partial charge in [-0.25, -0.2) is 4.98 Å². The first-order valence-corrected chi connectivity index (χ1v) is 7.75. The number of aliphatic hydroxyl groups is 1. The number of nitrogens with one attached hydrogen (secondary N) is 1. The molecule has 2 aromatic heterocycles. The number of benzene rings is 1. The Morgan fingerprint density at radius 1 is 1.21 bits per heavy atom. The molecular formula is C17H12Cl2N2O3. The highest BCUT2D eigenvalue weighted by atomic mass is 35.5. The fourth-order valence-corrected chi connectivity index (χ4v) is 2.51. The van der Waals surface area contributed by atoms with Crippen molar-refractivity contribution in [3.63, 3.8) is 0 Å². The second-order valence-corrected chi connectivity index (χ2v) is 5.68. The summed E-state index contributed by atoms with van der Waals surface area (Å²) in [5.41, 5.74) is 1.38. The summed E-state index contributed by atoms with van der Waals surface area (Å²) in [5, 5.41) is 12.3. The Labute approximate surface area is 147 Å². The largest absolute Gasteiger partial charge is 0.459 e. The van der Waals surface area contributed by atoms with Crippen LogP contribution in [0.2, 0.25) is 10.2 Å². The summed E-state index contributed by atoms with van der Waals surface area (Å²) in [7, 11) is 0. The molecule has 0 spiro atoms. The Morgan fingerprint density at radius 2 is 2.04 bits per heavy atom. The van der Waals surface area contributed by atoms with Crippen LogP contribution in [0.1, 0.15) is 16.1 Å². The summed E-state index contributed by atoms with van der Waals surface area (Å²) < 4.78 is 5.49. The second-order valence-electron chi connectivity index (χ2n) is 4.91. The van der Waals surface area contributed by atoms with E-state index < -0.39 is 5.91 Å². The van der Waals surface area contributed by atoms with Gasteiger partial charge in [0.25, 0.3) is 5.91 Å². The summed E-state index contributed by atoms with van der Waals surface area (Å²) in [6, 6.07) is 11.7. The Bertz CT molecular complexity index is 893. The molecule has 0 fully saturated rings. The van der Waals surface area contributed by atoms with Crippen molar-refractivity contribution >= 4 is 34.8 Å². The summed E-state index contributed by atoms with van der Waals surface area (Å²) in [5.74, 6) is 0.598. The van der Waals surface area contributed by atoms with E-state index >= 15 is 0 Å². The first kappa shape index (κ1) is 16.5. The zero-order valence-electron chi connectivity index (χ0n) is 12.3. The maximum Gasteiger partial charge on any atom is 0.258 e. The lowest BCUT2D eigenvalue weighted by Crippen LogP contribution is -2.13. The van der Waals surface area contributed by atoms with Crippen LogP contribution < -0.4 is 5.32 Å². The number of aromatic nitrogens is 1. The van der Waals surface area contributed by atoms with Crippen LogP contribution in [-0.4, -0.2) is 16.0 Å². The quantitative estimate of drug-likeness (QED) is 0.674. The van der Waals surface area contributed by atoms with E-state index in [1.54, 1.807) is 42.5 Å². The van der Waals surface area contributed by atoms with Crippen LogP contribution in [-0.2, 0) is 6.61 Å². The SMILES string of the molecule is O=C(Nc1cc(-c2ccc(CO)o2)ccc1Cl)c1cccnc1Cl. The number of nitrogens with zero attached hydrogens (tertiary/aromatic N) is 1. The Hall–Kier alpha value is -2.34. The third kappa shape index (κ3) is 3.43. The second kappa shape index (κ2) is 7.05. The van der Waals surface area contributed by atoms with E-state index in [9.17, 15) is 4.79 Å². The van der Waals surface area contributed by atoms with Gasteiger partial charge in [0.1, 0.15) is 23.3 Å². The summed E-state index contributed by atoms with van der Waals surface area (Å²) in [6.45, 7) is -0.184. The van der Waals surface area contributed by atoms with Gasteiger partial charge in [0.05, 0.1) is 16.3 Å². The Kier molecular flexibility index (Phi) is 4.85. The van der Waals surface area contributed by atoms with Crippen molar-refractivity contribution in [1.29, 1.82) is 0 Å². The summed E-state index contributed by atoms with van der Waals surface area (Å²) in [6.07, 6.45) is 1.50. The van der Waals surface area contributed by atoms with Crippen LogP contribution in [0, 0.1) is 0 Å². The standard InChI is InChI=1S/C17H12Cl2N2O3/c18-13-5-3-10(15-6-4-11(9-22)24-15)8-14(13)21-17(23)12-2-1-7-20-16(12)19/h1-8,22H,9H2,(H,21,23). The van der Waals surface area contributed by atoms with Gasteiger partial charge in [0.15, 0.2) is 0 Å². The van der Waals surface area contributed by atoms with Crippen molar-refractivity contribution in [3.05, 3.63) is 70.2 Å². The molecule has 0 unspecified atom stereocenters. The van der Waals surface area contributed by atoms with E-state index in [2.05, 4.69) is 10.3 Å². The molecule has 1 amide bonds. The number of rotatable bonds is 4. The minimum absolute atomic E-state index is 0.112. The van der Waals surface area contributed by atoms with Gasteiger partial charge in [0.2, 0.25) is 0 Å². The Morgan fingerprint density at radius 3 is 2.75 bits per heavy atom. The van der Waals surface area contributed by atoms with Crippen molar-refractivity contribution in [3.8, 4) is 11.3 Å². The van der Waals surface area contributed by atoms with Gasteiger partial charge in [-0.05, 0) is 42.5 Å². The topological polar surface area (TPSA) is 75.4 Å². The molecule has 2 heterocycles. The van der Waals surface area contributed by atoms with Gasteiger partial charge in [0, 0.05) is 11.8 Å². The van der Waals surface area contributed by atoms with Crippen LogP contribution in [0.15, 0.2) is 53.1 Å². The van der Waals surface area contributed by atoms with Crippen molar-refractivity contribution in [1.82, 2.24) is 4.98 Å². The van der Waals surface area contributed by atoms with Gasteiger partial charge in [-0.2, -0.15) is 0 Å². The van der Waals surface area contributed by atoms with Gasteiger partial charge in [-0.3, -0.25) is 4.79 Å². The third-order valence-corrected chi connectivity index (χ3v) is 3.95. The predicted octanol–water partition coefficient (Wildman–Crippen LogP) is 4.39. The minimum atomic E-state index is -0.414. The zero-order chi connectivity index (χ0) is 17.1. The van der Waals surface area contributed by atoms with Crippen molar-refractivity contribution < 1.29 is 14.3 Å². The van der Waals surface area contributed by atoms with E-state index in [-0.39, 0.29) is 17.3 Å². The monoisotopic (exact) mass is 362 g/mol. The molecule has 122 valence electrons.